The molecular weight excluding hydrogens is 314 g/mol. The van der Waals surface area contributed by atoms with Gasteiger partial charge in [0.2, 0.25) is 5.91 Å². The molecule has 1 aromatic carbocycles. The molecule has 2 aromatic heterocycles. The van der Waals surface area contributed by atoms with E-state index in [1.54, 1.807) is 6.20 Å². The topological polar surface area (TPSA) is 59.2 Å². The highest BCUT2D eigenvalue weighted by Crippen LogP contribution is 2.29. The van der Waals surface area contributed by atoms with Gasteiger partial charge in [0.25, 0.3) is 0 Å². The molecule has 5 nitrogen and oxygen atoms in total. The third kappa shape index (κ3) is 3.55. The average molecular weight is 335 g/mol. The molecule has 0 bridgehead atoms. The molecule has 128 valence electrons. The Bertz CT molecular complexity index is 827. The molecule has 3 aromatic rings. The largest absolute Gasteiger partial charge is 0.440 e. The SMILES string of the molecule is O=C(CCc1ccccn1)N1CCCC(c2nc3ccccc3o2)C1. The summed E-state index contributed by atoms with van der Waals surface area (Å²) < 4.78 is 5.91. The van der Waals surface area contributed by atoms with Crippen LogP contribution in [0.4, 0.5) is 0 Å². The van der Waals surface area contributed by atoms with Gasteiger partial charge in [0.05, 0.1) is 5.92 Å². The minimum atomic E-state index is 0.181. The van der Waals surface area contributed by atoms with E-state index in [9.17, 15) is 4.79 Å². The number of aromatic nitrogens is 2. The van der Waals surface area contributed by atoms with Gasteiger partial charge in [-0.25, -0.2) is 4.98 Å². The molecular formula is C20H21N3O2. The fourth-order valence-electron chi connectivity index (χ4n) is 3.41. The predicted molar refractivity (Wildman–Crippen MR) is 95.1 cm³/mol. The lowest BCUT2D eigenvalue weighted by Crippen LogP contribution is -2.39. The maximum Gasteiger partial charge on any atom is 0.222 e. The number of piperidine rings is 1. The molecule has 5 heteroatoms. The fourth-order valence-corrected chi connectivity index (χ4v) is 3.41. The Balaban J connectivity index is 1.41. The van der Waals surface area contributed by atoms with Crippen LogP contribution in [0.3, 0.4) is 0 Å². The Morgan fingerprint density at radius 2 is 2.08 bits per heavy atom. The van der Waals surface area contributed by atoms with Gasteiger partial charge in [-0.3, -0.25) is 9.78 Å². The van der Waals surface area contributed by atoms with Crippen LogP contribution in [0.25, 0.3) is 11.1 Å². The fraction of sp³-hybridized carbons (Fsp3) is 0.350. The second kappa shape index (κ2) is 7.05. The van der Waals surface area contributed by atoms with Crippen LogP contribution < -0.4 is 0 Å². The zero-order valence-electron chi connectivity index (χ0n) is 14.1. The third-order valence-electron chi connectivity index (χ3n) is 4.75. The molecule has 4 rings (SSSR count). The molecule has 1 fully saturated rings. The normalized spacial score (nSPS) is 17.8. The van der Waals surface area contributed by atoms with Gasteiger partial charge in [0, 0.05) is 31.4 Å². The van der Waals surface area contributed by atoms with Crippen molar-refractivity contribution in [2.24, 2.45) is 0 Å². The van der Waals surface area contributed by atoms with Crippen LogP contribution in [0.2, 0.25) is 0 Å². The van der Waals surface area contributed by atoms with E-state index in [0.717, 1.165) is 42.1 Å². The van der Waals surface area contributed by atoms with E-state index in [1.807, 2.05) is 47.4 Å². The van der Waals surface area contributed by atoms with Gasteiger partial charge >= 0.3 is 0 Å². The minimum Gasteiger partial charge on any atom is -0.440 e. The molecule has 0 radical (unpaired) electrons. The van der Waals surface area contributed by atoms with Gasteiger partial charge in [0.1, 0.15) is 5.52 Å². The van der Waals surface area contributed by atoms with Crippen molar-refractivity contribution < 1.29 is 9.21 Å². The van der Waals surface area contributed by atoms with E-state index in [0.29, 0.717) is 19.4 Å². The van der Waals surface area contributed by atoms with E-state index in [2.05, 4.69) is 9.97 Å². The zero-order valence-corrected chi connectivity index (χ0v) is 14.1. The van der Waals surface area contributed by atoms with Crippen molar-refractivity contribution in [2.45, 2.75) is 31.6 Å². The van der Waals surface area contributed by atoms with Crippen LogP contribution in [0.1, 0.15) is 36.8 Å². The lowest BCUT2D eigenvalue weighted by molar-refractivity contribution is -0.132. The summed E-state index contributed by atoms with van der Waals surface area (Å²) in [5, 5.41) is 0. The summed E-state index contributed by atoms with van der Waals surface area (Å²) in [4.78, 5) is 23.4. The van der Waals surface area contributed by atoms with Crippen LogP contribution in [0.15, 0.2) is 53.1 Å². The Morgan fingerprint density at radius 3 is 2.92 bits per heavy atom. The number of benzene rings is 1. The first-order chi connectivity index (χ1) is 12.3. The second-order valence-corrected chi connectivity index (χ2v) is 6.52. The van der Waals surface area contributed by atoms with Crippen LogP contribution >= 0.6 is 0 Å². The Kier molecular flexibility index (Phi) is 4.46. The Labute approximate surface area is 146 Å². The number of hydrogen-bond acceptors (Lipinski definition) is 4. The van der Waals surface area contributed by atoms with Gasteiger partial charge in [-0.2, -0.15) is 0 Å². The maximum atomic E-state index is 12.6. The molecule has 0 aliphatic carbocycles. The smallest absolute Gasteiger partial charge is 0.222 e. The van der Waals surface area contributed by atoms with E-state index in [4.69, 9.17) is 4.42 Å². The van der Waals surface area contributed by atoms with Crippen molar-refractivity contribution >= 4 is 17.0 Å². The summed E-state index contributed by atoms with van der Waals surface area (Å²) in [7, 11) is 0. The molecule has 25 heavy (non-hydrogen) atoms. The molecule has 1 atom stereocenters. The molecule has 1 unspecified atom stereocenters. The van der Waals surface area contributed by atoms with Crippen molar-refractivity contribution in [1.82, 2.24) is 14.9 Å². The van der Waals surface area contributed by atoms with E-state index >= 15 is 0 Å². The van der Waals surface area contributed by atoms with Gasteiger partial charge in [-0.1, -0.05) is 18.2 Å². The first-order valence-electron chi connectivity index (χ1n) is 8.83. The molecule has 0 saturated carbocycles. The first-order valence-corrected chi connectivity index (χ1v) is 8.83. The summed E-state index contributed by atoms with van der Waals surface area (Å²) in [5.74, 6) is 1.12. The zero-order chi connectivity index (χ0) is 17.1. The number of fused-ring (bicyclic) bond motifs is 1. The summed E-state index contributed by atoms with van der Waals surface area (Å²) in [5.41, 5.74) is 2.66. The van der Waals surface area contributed by atoms with Crippen LogP contribution in [0.5, 0.6) is 0 Å². The molecule has 1 saturated heterocycles. The quantitative estimate of drug-likeness (QED) is 0.731. The van der Waals surface area contributed by atoms with E-state index < -0.39 is 0 Å². The highest BCUT2D eigenvalue weighted by molar-refractivity contribution is 5.76. The lowest BCUT2D eigenvalue weighted by Gasteiger charge is -2.31. The van der Waals surface area contributed by atoms with E-state index in [1.165, 1.54) is 0 Å². The standard InChI is InChI=1S/C20H21N3O2/c24-19(11-10-16-7-3-4-12-21-16)23-13-5-6-15(14-23)20-22-17-8-1-2-9-18(17)25-20/h1-4,7-9,12,15H,5-6,10-11,13-14H2. The highest BCUT2D eigenvalue weighted by atomic mass is 16.3. The Hall–Kier alpha value is -2.69. The average Bonchev–Trinajstić information content (AvgIpc) is 3.11. The molecule has 3 heterocycles. The number of oxazole rings is 1. The van der Waals surface area contributed by atoms with Gasteiger partial charge in [-0.05, 0) is 43.5 Å². The van der Waals surface area contributed by atoms with Crippen LogP contribution in [-0.2, 0) is 11.2 Å². The molecule has 1 aliphatic heterocycles. The number of pyridine rings is 1. The van der Waals surface area contributed by atoms with Gasteiger partial charge in [-0.15, -0.1) is 0 Å². The minimum absolute atomic E-state index is 0.181. The monoisotopic (exact) mass is 335 g/mol. The van der Waals surface area contributed by atoms with Crippen molar-refractivity contribution in [3.63, 3.8) is 0 Å². The van der Waals surface area contributed by atoms with Crippen LogP contribution in [-0.4, -0.2) is 33.9 Å². The van der Waals surface area contributed by atoms with Crippen LogP contribution in [0, 0.1) is 0 Å². The highest BCUT2D eigenvalue weighted by Gasteiger charge is 2.27. The Morgan fingerprint density at radius 1 is 1.20 bits per heavy atom. The third-order valence-corrected chi connectivity index (χ3v) is 4.75. The number of rotatable bonds is 4. The summed E-state index contributed by atoms with van der Waals surface area (Å²) in [6, 6.07) is 13.6. The predicted octanol–water partition coefficient (Wildman–Crippen LogP) is 3.56. The number of carbonyl (C=O) groups is 1. The van der Waals surface area contributed by atoms with Gasteiger partial charge < -0.3 is 9.32 Å². The van der Waals surface area contributed by atoms with Crippen molar-refractivity contribution in [3.8, 4) is 0 Å². The van der Waals surface area contributed by atoms with Gasteiger partial charge in [0.15, 0.2) is 11.5 Å². The maximum absolute atomic E-state index is 12.6. The number of carbonyl (C=O) groups excluding carboxylic acids is 1. The number of amides is 1. The number of nitrogens with zero attached hydrogens (tertiary/aromatic N) is 3. The summed E-state index contributed by atoms with van der Waals surface area (Å²) >= 11 is 0. The number of likely N-dealkylation sites (tertiary alicyclic amines) is 1. The van der Waals surface area contributed by atoms with E-state index in [-0.39, 0.29) is 11.8 Å². The molecule has 0 spiro atoms. The number of hydrogen-bond donors (Lipinski definition) is 0. The first kappa shape index (κ1) is 15.8. The summed E-state index contributed by atoms with van der Waals surface area (Å²) in [6.07, 6.45) is 4.94. The van der Waals surface area contributed by atoms with Crippen molar-refractivity contribution in [2.75, 3.05) is 13.1 Å². The summed E-state index contributed by atoms with van der Waals surface area (Å²) in [6.45, 7) is 1.51. The number of aryl methyl sites for hydroxylation is 1. The molecule has 0 N–H and O–H groups in total. The van der Waals surface area contributed by atoms with Crippen molar-refractivity contribution in [3.05, 3.63) is 60.2 Å². The molecule has 1 amide bonds. The van der Waals surface area contributed by atoms with Crippen molar-refractivity contribution in [1.29, 1.82) is 0 Å². The number of para-hydroxylation sites is 2. The lowest BCUT2D eigenvalue weighted by atomic mass is 9.97. The second-order valence-electron chi connectivity index (χ2n) is 6.52. The molecule has 1 aliphatic rings.